The maximum Gasteiger partial charge on any atom is 0.237 e. The predicted molar refractivity (Wildman–Crippen MR) is 121 cm³/mol. The molecule has 4 aromatic rings. The molecule has 5 rings (SSSR count). The number of amides is 1. The van der Waals surface area contributed by atoms with Gasteiger partial charge in [0.15, 0.2) is 0 Å². The molecule has 0 saturated carbocycles. The van der Waals surface area contributed by atoms with Gasteiger partial charge >= 0.3 is 0 Å². The Morgan fingerprint density at radius 3 is 2.60 bits per heavy atom. The van der Waals surface area contributed by atoms with E-state index in [1.165, 1.54) is 17.7 Å². The van der Waals surface area contributed by atoms with Crippen LogP contribution in [0.15, 0.2) is 83.9 Å². The minimum Gasteiger partial charge on any atom is -0.342 e. The molecule has 0 fully saturated rings. The monoisotopic (exact) mass is 416 g/mol. The number of thioether (sulfide) groups is 1. The zero-order chi connectivity index (χ0) is 20.5. The first-order valence-corrected chi connectivity index (χ1v) is 11.0. The fourth-order valence-corrected chi connectivity index (χ4v) is 5.02. The van der Waals surface area contributed by atoms with Gasteiger partial charge in [-0.1, -0.05) is 48.5 Å². The van der Waals surface area contributed by atoms with Crippen LogP contribution in [0.5, 0.6) is 0 Å². The highest BCUT2D eigenvalue weighted by Crippen LogP contribution is 2.33. The Labute approximate surface area is 179 Å². The lowest BCUT2D eigenvalue weighted by Crippen LogP contribution is -2.30. The van der Waals surface area contributed by atoms with Crippen LogP contribution in [0.4, 0.5) is 10.1 Å². The van der Waals surface area contributed by atoms with Crippen LogP contribution < -0.4 is 4.90 Å². The minimum absolute atomic E-state index is 0.139. The van der Waals surface area contributed by atoms with E-state index in [1.54, 1.807) is 11.8 Å². The molecule has 3 aromatic carbocycles. The predicted octanol–water partition coefficient (Wildman–Crippen LogP) is 5.51. The van der Waals surface area contributed by atoms with Gasteiger partial charge < -0.3 is 9.47 Å². The molecule has 5 heteroatoms. The molecule has 3 nitrogen and oxygen atoms in total. The van der Waals surface area contributed by atoms with Gasteiger partial charge in [-0.3, -0.25) is 4.79 Å². The Kier molecular flexibility index (Phi) is 5.05. The lowest BCUT2D eigenvalue weighted by atomic mass is 10.2. The van der Waals surface area contributed by atoms with Crippen molar-refractivity contribution in [2.24, 2.45) is 0 Å². The molecule has 0 radical (unpaired) electrons. The normalized spacial score (nSPS) is 13.0. The number of nitrogens with zero attached hydrogens (tertiary/aromatic N) is 2. The lowest BCUT2D eigenvalue weighted by Gasteiger charge is -2.16. The third-order valence-electron chi connectivity index (χ3n) is 5.56. The van der Waals surface area contributed by atoms with Gasteiger partial charge in [-0.15, -0.1) is 11.8 Å². The van der Waals surface area contributed by atoms with Crippen molar-refractivity contribution in [1.82, 2.24) is 4.57 Å². The fraction of sp³-hybridized carbons (Fsp3) is 0.160. The van der Waals surface area contributed by atoms with Crippen LogP contribution in [-0.4, -0.2) is 22.8 Å². The maximum atomic E-state index is 13.2. The average Bonchev–Trinajstić information content (AvgIpc) is 3.36. The number of benzene rings is 3. The molecule has 1 aliphatic rings. The Balaban J connectivity index is 1.36. The second-order valence-corrected chi connectivity index (χ2v) is 8.49. The first-order chi connectivity index (χ1) is 14.7. The van der Waals surface area contributed by atoms with Crippen molar-refractivity contribution in [3.05, 3.63) is 95.9 Å². The molecule has 0 bridgehead atoms. The molecular weight excluding hydrogens is 395 g/mol. The molecular formula is C25H21FN2OS. The molecule has 1 amide bonds. The summed E-state index contributed by atoms with van der Waals surface area (Å²) in [5, 5.41) is 1.14. The van der Waals surface area contributed by atoms with Crippen LogP contribution in [0.25, 0.3) is 10.9 Å². The zero-order valence-corrected chi connectivity index (χ0v) is 17.2. The van der Waals surface area contributed by atoms with Crippen molar-refractivity contribution < 1.29 is 9.18 Å². The first kappa shape index (κ1) is 18.9. The number of anilines is 1. The number of rotatable bonds is 5. The van der Waals surface area contributed by atoms with Crippen molar-refractivity contribution in [2.75, 3.05) is 17.2 Å². The summed E-state index contributed by atoms with van der Waals surface area (Å²) in [5.74, 6) is 0.313. The van der Waals surface area contributed by atoms with Gasteiger partial charge in [-0.25, -0.2) is 4.39 Å². The summed E-state index contributed by atoms with van der Waals surface area (Å²) in [5.41, 5.74) is 4.44. The lowest BCUT2D eigenvalue weighted by molar-refractivity contribution is -0.116. The van der Waals surface area contributed by atoms with Gasteiger partial charge in [0, 0.05) is 40.8 Å². The van der Waals surface area contributed by atoms with Gasteiger partial charge in [-0.05, 0) is 41.8 Å². The number of carbonyl (C=O) groups is 1. The molecule has 0 aliphatic carbocycles. The van der Waals surface area contributed by atoms with Crippen molar-refractivity contribution in [2.45, 2.75) is 17.9 Å². The van der Waals surface area contributed by atoms with Crippen molar-refractivity contribution in [3.63, 3.8) is 0 Å². The summed E-state index contributed by atoms with van der Waals surface area (Å²) in [4.78, 5) is 15.9. The summed E-state index contributed by atoms with van der Waals surface area (Å²) in [6.45, 7) is 1.42. The van der Waals surface area contributed by atoms with Gasteiger partial charge in [0.1, 0.15) is 5.82 Å². The second kappa shape index (κ2) is 8.00. The first-order valence-electron chi connectivity index (χ1n) is 10.0. The Hall–Kier alpha value is -3.05. The van der Waals surface area contributed by atoms with Crippen molar-refractivity contribution in [3.8, 4) is 0 Å². The Morgan fingerprint density at radius 2 is 1.73 bits per heavy atom. The summed E-state index contributed by atoms with van der Waals surface area (Å²) >= 11 is 1.58. The number of carbonyl (C=O) groups excluding carboxylic acids is 1. The van der Waals surface area contributed by atoms with E-state index in [4.69, 9.17) is 0 Å². The molecule has 1 aliphatic heterocycles. The van der Waals surface area contributed by atoms with Gasteiger partial charge in [0.05, 0.1) is 5.75 Å². The Bertz CT molecular complexity index is 1220. The molecule has 0 atom stereocenters. The van der Waals surface area contributed by atoms with Crippen LogP contribution in [0.2, 0.25) is 0 Å². The molecule has 0 unspecified atom stereocenters. The van der Waals surface area contributed by atoms with E-state index >= 15 is 0 Å². The third-order valence-corrected chi connectivity index (χ3v) is 6.59. The number of hydrogen-bond donors (Lipinski definition) is 0. The Morgan fingerprint density at radius 1 is 0.967 bits per heavy atom. The van der Waals surface area contributed by atoms with E-state index in [0.717, 1.165) is 40.0 Å². The fourth-order valence-electron chi connectivity index (χ4n) is 4.06. The molecule has 2 heterocycles. The highest BCUT2D eigenvalue weighted by Gasteiger charge is 2.24. The van der Waals surface area contributed by atoms with Crippen LogP contribution >= 0.6 is 11.8 Å². The van der Waals surface area contributed by atoms with Crippen LogP contribution in [0.1, 0.15) is 11.1 Å². The van der Waals surface area contributed by atoms with Crippen molar-refractivity contribution in [1.29, 1.82) is 0 Å². The van der Waals surface area contributed by atoms with E-state index in [2.05, 4.69) is 29.0 Å². The second-order valence-electron chi connectivity index (χ2n) is 7.48. The maximum absolute atomic E-state index is 13.2. The van der Waals surface area contributed by atoms with Gasteiger partial charge in [-0.2, -0.15) is 0 Å². The number of fused-ring (bicyclic) bond motifs is 2. The molecule has 30 heavy (non-hydrogen) atoms. The standard InChI is InChI=1S/C25H21FN2OS/c26-20-11-9-18(10-12-20)15-27-16-24(21-6-2-4-8-23(21)27)30-17-25(29)28-14-13-19-5-1-3-7-22(19)28/h1-12,16H,13-15,17H2. The van der Waals surface area contributed by atoms with Crippen LogP contribution in [-0.2, 0) is 17.8 Å². The number of para-hydroxylation sites is 2. The summed E-state index contributed by atoms with van der Waals surface area (Å²) in [6, 6.07) is 23.0. The molecule has 150 valence electrons. The van der Waals surface area contributed by atoms with Crippen molar-refractivity contribution >= 4 is 34.3 Å². The number of halogens is 1. The van der Waals surface area contributed by atoms with Gasteiger partial charge in [0.2, 0.25) is 5.91 Å². The summed E-state index contributed by atoms with van der Waals surface area (Å²) < 4.78 is 15.4. The van der Waals surface area contributed by atoms with E-state index in [-0.39, 0.29) is 11.7 Å². The average molecular weight is 417 g/mol. The SMILES string of the molecule is O=C(CSc1cn(Cc2ccc(F)cc2)c2ccccc12)N1CCc2ccccc21. The van der Waals surface area contributed by atoms with E-state index in [1.807, 2.05) is 47.4 Å². The van der Waals surface area contributed by atoms with Crippen LogP contribution in [0, 0.1) is 5.82 Å². The largest absolute Gasteiger partial charge is 0.342 e. The third kappa shape index (κ3) is 3.61. The molecule has 0 N–H and O–H groups in total. The van der Waals surface area contributed by atoms with Crippen LogP contribution in [0.3, 0.4) is 0 Å². The molecule has 1 aromatic heterocycles. The number of aromatic nitrogens is 1. The molecule has 0 spiro atoms. The highest BCUT2D eigenvalue weighted by atomic mass is 32.2. The molecule has 0 saturated heterocycles. The van der Waals surface area contributed by atoms with Gasteiger partial charge in [0.25, 0.3) is 0 Å². The summed E-state index contributed by atoms with van der Waals surface area (Å²) in [7, 11) is 0. The minimum atomic E-state index is -0.227. The topological polar surface area (TPSA) is 25.2 Å². The zero-order valence-electron chi connectivity index (χ0n) is 16.4. The van der Waals surface area contributed by atoms with E-state index in [0.29, 0.717) is 12.3 Å². The number of hydrogen-bond acceptors (Lipinski definition) is 2. The summed E-state index contributed by atoms with van der Waals surface area (Å²) in [6.07, 6.45) is 3.02. The quantitative estimate of drug-likeness (QED) is 0.401. The van der Waals surface area contributed by atoms with E-state index in [9.17, 15) is 9.18 Å². The van der Waals surface area contributed by atoms with E-state index < -0.39 is 0 Å². The smallest absolute Gasteiger partial charge is 0.237 e. The highest BCUT2D eigenvalue weighted by molar-refractivity contribution is 8.00.